The third-order valence-corrected chi connectivity index (χ3v) is 2.49. The molecule has 1 aromatic carbocycles. The van der Waals surface area contributed by atoms with Gasteiger partial charge in [0.2, 0.25) is 0 Å². The van der Waals surface area contributed by atoms with E-state index < -0.39 is 31.2 Å². The lowest BCUT2D eigenvalue weighted by atomic mass is 10.2. The van der Waals surface area contributed by atoms with Crippen LogP contribution in [0.4, 0.5) is 13.2 Å². The molecule has 128 valence electrons. The second kappa shape index (κ2) is 8.40. The summed E-state index contributed by atoms with van der Waals surface area (Å²) in [4.78, 5) is 22.8. The Labute approximate surface area is 131 Å². The molecule has 5 nitrogen and oxygen atoms in total. The van der Waals surface area contributed by atoms with Gasteiger partial charge in [-0.05, 0) is 30.2 Å². The summed E-state index contributed by atoms with van der Waals surface area (Å²) >= 11 is 0. The molecule has 0 unspecified atom stereocenters. The number of esters is 1. The summed E-state index contributed by atoms with van der Waals surface area (Å²) in [5.41, 5.74) is 0.172. The molecule has 0 bridgehead atoms. The number of amides is 1. The van der Waals surface area contributed by atoms with Crippen LogP contribution in [0.2, 0.25) is 0 Å². The summed E-state index contributed by atoms with van der Waals surface area (Å²) < 4.78 is 45.8. The van der Waals surface area contributed by atoms with Gasteiger partial charge >= 0.3 is 12.1 Å². The zero-order valence-electron chi connectivity index (χ0n) is 12.8. The van der Waals surface area contributed by atoms with Crippen molar-refractivity contribution in [1.29, 1.82) is 0 Å². The molecule has 1 N–H and O–H groups in total. The average Bonchev–Trinajstić information content (AvgIpc) is 2.48. The maximum Gasteiger partial charge on any atom is 0.405 e. The summed E-state index contributed by atoms with van der Waals surface area (Å²) in [6.07, 6.45) is -4.51. The molecule has 23 heavy (non-hydrogen) atoms. The van der Waals surface area contributed by atoms with E-state index in [-0.39, 0.29) is 5.56 Å². The number of carbonyl (C=O) groups is 2. The second-order valence-electron chi connectivity index (χ2n) is 5.20. The van der Waals surface area contributed by atoms with Crippen LogP contribution in [0.3, 0.4) is 0 Å². The predicted molar refractivity (Wildman–Crippen MR) is 76.1 cm³/mol. The van der Waals surface area contributed by atoms with Crippen molar-refractivity contribution in [3.05, 3.63) is 29.8 Å². The zero-order valence-corrected chi connectivity index (χ0v) is 12.8. The molecule has 0 spiro atoms. The van der Waals surface area contributed by atoms with Crippen molar-refractivity contribution in [1.82, 2.24) is 5.32 Å². The first-order valence-corrected chi connectivity index (χ1v) is 6.91. The normalized spacial score (nSPS) is 11.2. The molecular formula is C15H18F3NO4. The van der Waals surface area contributed by atoms with Crippen molar-refractivity contribution >= 4 is 11.9 Å². The van der Waals surface area contributed by atoms with Crippen LogP contribution in [0.25, 0.3) is 0 Å². The van der Waals surface area contributed by atoms with E-state index in [2.05, 4.69) is 4.74 Å². The monoisotopic (exact) mass is 333 g/mol. The van der Waals surface area contributed by atoms with Crippen LogP contribution >= 0.6 is 0 Å². The highest BCUT2D eigenvalue weighted by molar-refractivity contribution is 5.91. The van der Waals surface area contributed by atoms with Gasteiger partial charge in [0.15, 0.2) is 6.61 Å². The predicted octanol–water partition coefficient (Wildman–Crippen LogP) is 2.56. The van der Waals surface area contributed by atoms with Gasteiger partial charge in [-0.2, -0.15) is 13.2 Å². The van der Waals surface area contributed by atoms with Crippen LogP contribution in [-0.4, -0.2) is 37.8 Å². The minimum absolute atomic E-state index is 0.172. The number of carbonyl (C=O) groups excluding carboxylic acids is 2. The molecule has 0 aliphatic carbocycles. The van der Waals surface area contributed by atoms with E-state index in [4.69, 9.17) is 4.74 Å². The lowest BCUT2D eigenvalue weighted by Crippen LogP contribution is -2.36. The fourth-order valence-electron chi connectivity index (χ4n) is 1.41. The third kappa shape index (κ3) is 8.08. The van der Waals surface area contributed by atoms with E-state index >= 15 is 0 Å². The lowest BCUT2D eigenvalue weighted by molar-refractivity contribution is -0.140. The van der Waals surface area contributed by atoms with Gasteiger partial charge in [0.25, 0.3) is 5.91 Å². The van der Waals surface area contributed by atoms with Crippen LogP contribution in [0.5, 0.6) is 5.75 Å². The van der Waals surface area contributed by atoms with Crippen molar-refractivity contribution in [2.24, 2.45) is 5.92 Å². The Morgan fingerprint density at radius 1 is 1.17 bits per heavy atom. The van der Waals surface area contributed by atoms with Gasteiger partial charge in [-0.25, -0.2) is 4.79 Å². The fraction of sp³-hybridized carbons (Fsp3) is 0.467. The van der Waals surface area contributed by atoms with Crippen molar-refractivity contribution in [3.8, 4) is 5.75 Å². The van der Waals surface area contributed by atoms with Gasteiger partial charge in [-0.1, -0.05) is 13.8 Å². The first kappa shape index (κ1) is 18.8. The molecule has 0 heterocycles. The summed E-state index contributed by atoms with van der Waals surface area (Å²) in [7, 11) is 0. The van der Waals surface area contributed by atoms with Gasteiger partial charge in [0.05, 0.1) is 12.2 Å². The summed E-state index contributed by atoms with van der Waals surface area (Å²) in [5.74, 6) is -0.886. The van der Waals surface area contributed by atoms with Crippen molar-refractivity contribution in [2.75, 3.05) is 19.8 Å². The number of benzene rings is 1. The fourth-order valence-corrected chi connectivity index (χ4v) is 1.41. The molecule has 0 saturated heterocycles. The lowest BCUT2D eigenvalue weighted by Gasteiger charge is -2.10. The Morgan fingerprint density at radius 2 is 1.78 bits per heavy atom. The zero-order chi connectivity index (χ0) is 17.5. The maximum atomic E-state index is 11.9. The maximum absolute atomic E-state index is 11.9. The average molecular weight is 333 g/mol. The SMILES string of the molecule is CC(C)COc1ccc(C(=O)OCC(=O)NCC(F)(F)F)cc1. The highest BCUT2D eigenvalue weighted by atomic mass is 19.4. The largest absolute Gasteiger partial charge is 0.493 e. The summed E-state index contributed by atoms with van der Waals surface area (Å²) in [6, 6.07) is 6.04. The molecule has 0 aromatic heterocycles. The van der Waals surface area contributed by atoms with Crippen LogP contribution in [0.1, 0.15) is 24.2 Å². The van der Waals surface area contributed by atoms with Crippen LogP contribution < -0.4 is 10.1 Å². The van der Waals surface area contributed by atoms with E-state index in [0.717, 1.165) is 0 Å². The first-order valence-electron chi connectivity index (χ1n) is 6.91. The van der Waals surface area contributed by atoms with E-state index in [1.807, 2.05) is 13.8 Å². The molecule has 1 rings (SSSR count). The van der Waals surface area contributed by atoms with Crippen LogP contribution in [0.15, 0.2) is 24.3 Å². The van der Waals surface area contributed by atoms with E-state index in [1.54, 1.807) is 17.4 Å². The Hall–Kier alpha value is -2.25. The van der Waals surface area contributed by atoms with Crippen LogP contribution in [0, 0.1) is 5.92 Å². The Balaban J connectivity index is 2.41. The Bertz CT molecular complexity index is 527. The minimum atomic E-state index is -4.51. The summed E-state index contributed by atoms with van der Waals surface area (Å²) in [6.45, 7) is 2.28. The van der Waals surface area contributed by atoms with Gasteiger partial charge in [0, 0.05) is 0 Å². The molecule has 0 radical (unpaired) electrons. The molecule has 0 atom stereocenters. The van der Waals surface area contributed by atoms with E-state index in [9.17, 15) is 22.8 Å². The Morgan fingerprint density at radius 3 is 2.30 bits per heavy atom. The molecule has 0 aliphatic heterocycles. The van der Waals surface area contributed by atoms with E-state index in [0.29, 0.717) is 18.3 Å². The second-order valence-corrected chi connectivity index (χ2v) is 5.20. The molecule has 0 aliphatic rings. The number of ether oxygens (including phenoxy) is 2. The topological polar surface area (TPSA) is 64.6 Å². The highest BCUT2D eigenvalue weighted by Gasteiger charge is 2.27. The van der Waals surface area contributed by atoms with Crippen molar-refractivity contribution < 1.29 is 32.2 Å². The van der Waals surface area contributed by atoms with Crippen molar-refractivity contribution in [3.63, 3.8) is 0 Å². The van der Waals surface area contributed by atoms with Crippen LogP contribution in [-0.2, 0) is 9.53 Å². The third-order valence-electron chi connectivity index (χ3n) is 2.49. The smallest absolute Gasteiger partial charge is 0.405 e. The molecule has 0 fully saturated rings. The molecular weight excluding hydrogens is 315 g/mol. The number of rotatable bonds is 7. The molecule has 0 saturated carbocycles. The van der Waals surface area contributed by atoms with Gasteiger partial charge in [-0.3, -0.25) is 4.79 Å². The quantitative estimate of drug-likeness (QED) is 0.779. The first-order chi connectivity index (χ1) is 10.7. The van der Waals surface area contributed by atoms with Crippen molar-refractivity contribution in [2.45, 2.75) is 20.0 Å². The van der Waals surface area contributed by atoms with Gasteiger partial charge in [0.1, 0.15) is 12.3 Å². The number of alkyl halides is 3. The molecule has 1 aromatic rings. The van der Waals surface area contributed by atoms with E-state index in [1.165, 1.54) is 12.1 Å². The molecule has 1 amide bonds. The van der Waals surface area contributed by atoms with Gasteiger partial charge < -0.3 is 14.8 Å². The van der Waals surface area contributed by atoms with Gasteiger partial charge in [-0.15, -0.1) is 0 Å². The number of hydrogen-bond acceptors (Lipinski definition) is 4. The number of halogens is 3. The number of nitrogens with one attached hydrogen (secondary N) is 1. The highest BCUT2D eigenvalue weighted by Crippen LogP contribution is 2.14. The molecule has 8 heteroatoms. The number of hydrogen-bond donors (Lipinski definition) is 1. The Kier molecular flexibility index (Phi) is 6.87. The standard InChI is InChI=1S/C15H18F3NO4/c1-10(2)7-22-12-5-3-11(4-6-12)14(21)23-8-13(20)19-9-15(16,17)18/h3-6,10H,7-9H2,1-2H3,(H,19,20). The minimum Gasteiger partial charge on any atom is -0.493 e. The summed E-state index contributed by atoms with van der Waals surface area (Å²) in [5, 5.41) is 1.60.